The number of aliphatic hydroxyl groups is 1. The summed E-state index contributed by atoms with van der Waals surface area (Å²) in [4.78, 5) is 16.2. The van der Waals surface area contributed by atoms with E-state index in [0.29, 0.717) is 24.7 Å². The van der Waals surface area contributed by atoms with Crippen LogP contribution in [-0.2, 0) is 29.8 Å². The van der Waals surface area contributed by atoms with Gasteiger partial charge in [0.1, 0.15) is 0 Å². The molecule has 0 aliphatic carbocycles. The molecule has 0 saturated heterocycles. The van der Waals surface area contributed by atoms with Gasteiger partial charge in [0.25, 0.3) is 0 Å². The average molecular weight is 317 g/mol. The summed E-state index contributed by atoms with van der Waals surface area (Å²) in [6.07, 6.45) is 0.698. The third-order valence-corrected chi connectivity index (χ3v) is 3.47. The number of aliphatic hydroxyl groups excluding tert-OH is 1. The van der Waals surface area contributed by atoms with E-state index in [9.17, 15) is 9.90 Å². The molecule has 0 radical (unpaired) electrons. The SMILES string of the molecule is CC(C)(C)c1noc(CCC(=O)NCc2ccccc2CO)n1. The van der Waals surface area contributed by atoms with Crippen LogP contribution in [0.1, 0.15) is 50.0 Å². The predicted octanol–water partition coefficient (Wildman–Crippen LogP) is 2.11. The molecule has 6 heteroatoms. The van der Waals surface area contributed by atoms with Crippen molar-refractivity contribution in [3.8, 4) is 0 Å². The molecule has 0 unspecified atom stereocenters. The van der Waals surface area contributed by atoms with Crippen LogP contribution >= 0.6 is 0 Å². The lowest BCUT2D eigenvalue weighted by molar-refractivity contribution is -0.121. The Balaban J connectivity index is 1.82. The molecule has 2 aromatic rings. The fraction of sp³-hybridized carbons (Fsp3) is 0.471. The van der Waals surface area contributed by atoms with Gasteiger partial charge in [0, 0.05) is 24.8 Å². The number of carbonyl (C=O) groups excluding carboxylic acids is 1. The largest absolute Gasteiger partial charge is 0.392 e. The minimum atomic E-state index is -0.169. The second kappa shape index (κ2) is 7.37. The number of hydrogen-bond acceptors (Lipinski definition) is 5. The minimum Gasteiger partial charge on any atom is -0.392 e. The van der Waals surface area contributed by atoms with Crippen LogP contribution in [0.15, 0.2) is 28.8 Å². The van der Waals surface area contributed by atoms with Gasteiger partial charge in [-0.3, -0.25) is 4.79 Å². The molecule has 1 amide bonds. The van der Waals surface area contributed by atoms with Crippen LogP contribution in [-0.4, -0.2) is 21.2 Å². The zero-order valence-corrected chi connectivity index (χ0v) is 13.8. The lowest BCUT2D eigenvalue weighted by Gasteiger charge is -2.10. The summed E-state index contributed by atoms with van der Waals surface area (Å²) in [5, 5.41) is 16.0. The number of nitrogens with one attached hydrogen (secondary N) is 1. The van der Waals surface area contributed by atoms with Gasteiger partial charge >= 0.3 is 0 Å². The van der Waals surface area contributed by atoms with E-state index >= 15 is 0 Å². The maximum Gasteiger partial charge on any atom is 0.227 e. The van der Waals surface area contributed by atoms with Gasteiger partial charge in [-0.25, -0.2) is 0 Å². The van der Waals surface area contributed by atoms with E-state index in [1.165, 1.54) is 0 Å². The third kappa shape index (κ3) is 4.89. The molecule has 0 fully saturated rings. The van der Waals surface area contributed by atoms with E-state index < -0.39 is 0 Å². The quantitative estimate of drug-likeness (QED) is 0.852. The van der Waals surface area contributed by atoms with Crippen LogP contribution in [0.25, 0.3) is 0 Å². The lowest BCUT2D eigenvalue weighted by Crippen LogP contribution is -2.23. The van der Waals surface area contributed by atoms with Crippen LogP contribution in [0.2, 0.25) is 0 Å². The first-order valence-corrected chi connectivity index (χ1v) is 7.67. The molecule has 124 valence electrons. The van der Waals surface area contributed by atoms with Gasteiger partial charge in [-0.05, 0) is 11.1 Å². The van der Waals surface area contributed by atoms with Crippen molar-refractivity contribution in [2.24, 2.45) is 0 Å². The van der Waals surface area contributed by atoms with Gasteiger partial charge in [-0.1, -0.05) is 50.2 Å². The van der Waals surface area contributed by atoms with Crippen LogP contribution in [0.4, 0.5) is 0 Å². The van der Waals surface area contributed by atoms with E-state index in [2.05, 4.69) is 15.5 Å². The second-order valence-electron chi connectivity index (χ2n) is 6.47. The van der Waals surface area contributed by atoms with E-state index in [1.807, 2.05) is 45.0 Å². The Morgan fingerprint density at radius 1 is 1.26 bits per heavy atom. The van der Waals surface area contributed by atoms with Crippen molar-refractivity contribution < 1.29 is 14.4 Å². The Kier molecular flexibility index (Phi) is 5.50. The summed E-state index contributed by atoms with van der Waals surface area (Å²) in [6.45, 7) is 6.38. The van der Waals surface area contributed by atoms with Gasteiger partial charge in [-0.2, -0.15) is 4.98 Å². The molecule has 23 heavy (non-hydrogen) atoms. The first-order chi connectivity index (χ1) is 10.9. The number of hydrogen-bond donors (Lipinski definition) is 2. The number of amides is 1. The Hall–Kier alpha value is -2.21. The molecule has 6 nitrogen and oxygen atoms in total. The molecule has 2 rings (SSSR count). The molecule has 1 aromatic carbocycles. The molecule has 1 heterocycles. The Morgan fingerprint density at radius 3 is 2.57 bits per heavy atom. The van der Waals surface area contributed by atoms with Crippen LogP contribution in [0.3, 0.4) is 0 Å². The van der Waals surface area contributed by atoms with Crippen molar-refractivity contribution in [1.29, 1.82) is 0 Å². The van der Waals surface area contributed by atoms with E-state index in [4.69, 9.17) is 4.52 Å². The summed E-state index contributed by atoms with van der Waals surface area (Å²) in [5.41, 5.74) is 1.56. The maximum atomic E-state index is 11.9. The molecule has 0 aliphatic heterocycles. The Labute approximate surface area is 135 Å². The maximum absolute atomic E-state index is 11.9. The number of benzene rings is 1. The van der Waals surface area contributed by atoms with E-state index in [0.717, 1.165) is 11.1 Å². The highest BCUT2D eigenvalue weighted by molar-refractivity contribution is 5.76. The number of nitrogens with zero attached hydrogens (tertiary/aromatic N) is 2. The van der Waals surface area contributed by atoms with Crippen molar-refractivity contribution >= 4 is 5.91 Å². The standard InChI is InChI=1S/C17H23N3O3/c1-17(2,3)16-19-15(23-20-16)9-8-14(22)18-10-12-6-4-5-7-13(12)11-21/h4-7,21H,8-11H2,1-3H3,(H,18,22). The van der Waals surface area contributed by atoms with Crippen molar-refractivity contribution in [1.82, 2.24) is 15.5 Å². The Bertz CT molecular complexity index is 659. The minimum absolute atomic E-state index is 0.0381. The molecule has 0 atom stereocenters. The van der Waals surface area contributed by atoms with Crippen LogP contribution in [0.5, 0.6) is 0 Å². The van der Waals surface area contributed by atoms with Crippen molar-refractivity contribution in [2.45, 2.75) is 52.2 Å². The normalized spacial score (nSPS) is 11.5. The first-order valence-electron chi connectivity index (χ1n) is 7.67. The van der Waals surface area contributed by atoms with Crippen LogP contribution < -0.4 is 5.32 Å². The van der Waals surface area contributed by atoms with E-state index in [-0.39, 0.29) is 24.3 Å². The highest BCUT2D eigenvalue weighted by atomic mass is 16.5. The first kappa shape index (κ1) is 17.1. The molecule has 0 saturated carbocycles. The summed E-state index contributed by atoms with van der Waals surface area (Å²) in [7, 11) is 0. The molecular weight excluding hydrogens is 294 g/mol. The van der Waals surface area contributed by atoms with Crippen molar-refractivity contribution in [3.63, 3.8) is 0 Å². The fourth-order valence-electron chi connectivity index (χ4n) is 2.05. The van der Waals surface area contributed by atoms with Crippen LogP contribution in [0, 0.1) is 0 Å². The number of aryl methyl sites for hydroxylation is 1. The highest BCUT2D eigenvalue weighted by Gasteiger charge is 2.21. The average Bonchev–Trinajstić information content (AvgIpc) is 3.00. The van der Waals surface area contributed by atoms with Gasteiger partial charge in [0.05, 0.1) is 6.61 Å². The zero-order valence-electron chi connectivity index (χ0n) is 13.8. The molecule has 1 aromatic heterocycles. The fourth-order valence-corrected chi connectivity index (χ4v) is 2.05. The third-order valence-electron chi connectivity index (χ3n) is 3.47. The summed E-state index contributed by atoms with van der Waals surface area (Å²) in [5.74, 6) is 1.03. The molecule has 2 N–H and O–H groups in total. The summed E-state index contributed by atoms with van der Waals surface area (Å²) in [6, 6.07) is 7.47. The van der Waals surface area contributed by atoms with Crippen molar-refractivity contribution in [2.75, 3.05) is 0 Å². The molecule has 0 bridgehead atoms. The molecule has 0 aliphatic rings. The summed E-state index contributed by atoms with van der Waals surface area (Å²) < 4.78 is 5.17. The molecular formula is C17H23N3O3. The summed E-state index contributed by atoms with van der Waals surface area (Å²) >= 11 is 0. The van der Waals surface area contributed by atoms with Crippen molar-refractivity contribution in [3.05, 3.63) is 47.1 Å². The van der Waals surface area contributed by atoms with E-state index in [1.54, 1.807) is 0 Å². The lowest BCUT2D eigenvalue weighted by atomic mass is 9.96. The highest BCUT2D eigenvalue weighted by Crippen LogP contribution is 2.18. The zero-order chi connectivity index (χ0) is 16.9. The molecule has 0 spiro atoms. The number of carbonyl (C=O) groups is 1. The number of aromatic nitrogens is 2. The Morgan fingerprint density at radius 2 is 1.96 bits per heavy atom. The van der Waals surface area contributed by atoms with Gasteiger partial charge in [0.15, 0.2) is 5.82 Å². The van der Waals surface area contributed by atoms with Gasteiger partial charge < -0.3 is 14.9 Å². The number of rotatable bonds is 6. The van der Waals surface area contributed by atoms with Gasteiger partial charge in [-0.15, -0.1) is 0 Å². The topological polar surface area (TPSA) is 88.2 Å². The monoisotopic (exact) mass is 317 g/mol. The van der Waals surface area contributed by atoms with Gasteiger partial charge in [0.2, 0.25) is 11.8 Å². The predicted molar refractivity (Wildman–Crippen MR) is 85.5 cm³/mol. The smallest absolute Gasteiger partial charge is 0.227 e. The second-order valence-corrected chi connectivity index (χ2v) is 6.47.